The Morgan fingerprint density at radius 1 is 1.31 bits per heavy atom. The minimum atomic E-state index is 0.391. The molecular formula is C13H24N2O. The van der Waals surface area contributed by atoms with Gasteiger partial charge in [0.15, 0.2) is 0 Å². The van der Waals surface area contributed by atoms with Crippen LogP contribution in [0.1, 0.15) is 32.6 Å². The molecule has 16 heavy (non-hydrogen) atoms. The number of piperidine rings is 2. The maximum Gasteiger partial charge on any atom is 0.146 e. The van der Waals surface area contributed by atoms with Crippen LogP contribution in [0, 0.1) is 5.92 Å². The third-order valence-electron chi connectivity index (χ3n) is 4.22. The van der Waals surface area contributed by atoms with Crippen LogP contribution in [0.3, 0.4) is 0 Å². The van der Waals surface area contributed by atoms with E-state index in [2.05, 4.69) is 16.8 Å². The fraction of sp³-hybridized carbons (Fsp3) is 0.923. The molecule has 0 spiro atoms. The summed E-state index contributed by atoms with van der Waals surface area (Å²) in [5.74, 6) is 1.19. The van der Waals surface area contributed by atoms with Crippen LogP contribution < -0.4 is 0 Å². The Balaban J connectivity index is 1.87. The largest absolute Gasteiger partial charge is 0.303 e. The van der Waals surface area contributed by atoms with Gasteiger partial charge in [0.05, 0.1) is 6.54 Å². The molecule has 0 aromatic carbocycles. The Hall–Kier alpha value is -0.410. The second-order valence-corrected chi connectivity index (χ2v) is 5.37. The molecule has 0 radical (unpaired) electrons. The zero-order valence-corrected chi connectivity index (χ0v) is 10.6. The first-order chi connectivity index (χ1) is 7.70. The molecule has 3 heteroatoms. The average Bonchev–Trinajstić information content (AvgIpc) is 2.29. The van der Waals surface area contributed by atoms with E-state index in [-0.39, 0.29) is 0 Å². The predicted molar refractivity (Wildman–Crippen MR) is 65.5 cm³/mol. The number of Topliss-reactive ketones (excluding diaryl/α,β-unsaturated/α-hetero) is 1. The molecule has 3 nitrogen and oxygen atoms in total. The lowest BCUT2D eigenvalue weighted by molar-refractivity contribution is -0.120. The van der Waals surface area contributed by atoms with Crippen molar-refractivity contribution in [2.24, 2.45) is 5.92 Å². The normalized spacial score (nSPS) is 32.4. The summed E-state index contributed by atoms with van der Waals surface area (Å²) in [6.07, 6.45) is 4.61. The van der Waals surface area contributed by atoms with E-state index in [1.165, 1.54) is 25.8 Å². The van der Waals surface area contributed by atoms with Gasteiger partial charge in [-0.3, -0.25) is 9.69 Å². The van der Waals surface area contributed by atoms with E-state index in [1.807, 2.05) is 6.92 Å². The molecule has 2 heterocycles. The van der Waals surface area contributed by atoms with E-state index in [9.17, 15) is 4.79 Å². The average molecular weight is 224 g/mol. The number of carbonyl (C=O) groups excluding carboxylic acids is 1. The van der Waals surface area contributed by atoms with Crippen molar-refractivity contribution in [3.63, 3.8) is 0 Å². The van der Waals surface area contributed by atoms with Gasteiger partial charge in [-0.25, -0.2) is 0 Å². The number of hydrogen-bond donors (Lipinski definition) is 0. The van der Waals surface area contributed by atoms with E-state index < -0.39 is 0 Å². The van der Waals surface area contributed by atoms with E-state index in [4.69, 9.17) is 0 Å². The van der Waals surface area contributed by atoms with E-state index in [0.717, 1.165) is 25.0 Å². The highest BCUT2D eigenvalue weighted by Crippen LogP contribution is 2.29. The van der Waals surface area contributed by atoms with Crippen LogP contribution in [0.2, 0.25) is 0 Å². The van der Waals surface area contributed by atoms with Crippen molar-refractivity contribution in [1.82, 2.24) is 9.80 Å². The first-order valence-electron chi connectivity index (χ1n) is 6.65. The molecule has 0 N–H and O–H groups in total. The predicted octanol–water partition coefficient (Wildman–Crippen LogP) is 1.38. The summed E-state index contributed by atoms with van der Waals surface area (Å²) < 4.78 is 0. The van der Waals surface area contributed by atoms with Gasteiger partial charge in [0.1, 0.15) is 5.78 Å². The summed E-state index contributed by atoms with van der Waals surface area (Å²) >= 11 is 0. The maximum atomic E-state index is 11.5. The number of ketones is 1. The van der Waals surface area contributed by atoms with Crippen molar-refractivity contribution >= 4 is 5.78 Å². The van der Waals surface area contributed by atoms with Gasteiger partial charge in [-0.2, -0.15) is 0 Å². The number of rotatable bonds is 3. The summed E-state index contributed by atoms with van der Waals surface area (Å²) in [7, 11) is 2.25. The van der Waals surface area contributed by atoms with E-state index >= 15 is 0 Å². The van der Waals surface area contributed by atoms with Gasteiger partial charge in [-0.05, 0) is 38.8 Å². The molecule has 2 unspecified atom stereocenters. The third kappa shape index (κ3) is 2.64. The molecule has 92 valence electrons. The molecule has 2 fully saturated rings. The van der Waals surface area contributed by atoms with Crippen LogP contribution in [-0.4, -0.2) is 54.9 Å². The zero-order chi connectivity index (χ0) is 11.5. The molecule has 0 aromatic rings. The van der Waals surface area contributed by atoms with Crippen molar-refractivity contribution in [2.45, 2.75) is 38.6 Å². The van der Waals surface area contributed by atoms with Gasteiger partial charge in [-0.15, -0.1) is 0 Å². The minimum Gasteiger partial charge on any atom is -0.303 e. The van der Waals surface area contributed by atoms with Gasteiger partial charge >= 0.3 is 0 Å². The Bertz CT molecular complexity index is 254. The van der Waals surface area contributed by atoms with Gasteiger partial charge in [0.25, 0.3) is 0 Å². The lowest BCUT2D eigenvalue weighted by Gasteiger charge is -2.45. The van der Waals surface area contributed by atoms with Gasteiger partial charge in [-0.1, -0.05) is 6.92 Å². The highest BCUT2D eigenvalue weighted by atomic mass is 16.1. The smallest absolute Gasteiger partial charge is 0.146 e. The number of likely N-dealkylation sites (tertiary alicyclic amines) is 2. The summed E-state index contributed by atoms with van der Waals surface area (Å²) in [4.78, 5) is 16.3. The number of fused-ring (bicyclic) bond motifs is 1. The van der Waals surface area contributed by atoms with Crippen molar-refractivity contribution < 1.29 is 4.79 Å². The summed E-state index contributed by atoms with van der Waals surface area (Å²) in [5.41, 5.74) is 0. The van der Waals surface area contributed by atoms with Crippen molar-refractivity contribution in [2.75, 3.05) is 33.2 Å². The van der Waals surface area contributed by atoms with Crippen molar-refractivity contribution in [3.8, 4) is 0 Å². The van der Waals surface area contributed by atoms with Crippen LogP contribution >= 0.6 is 0 Å². The molecule has 2 aliphatic heterocycles. The highest BCUT2D eigenvalue weighted by molar-refractivity contribution is 5.80. The molecule has 0 aromatic heterocycles. The first-order valence-corrected chi connectivity index (χ1v) is 6.65. The molecule has 2 saturated heterocycles. The third-order valence-corrected chi connectivity index (χ3v) is 4.22. The fourth-order valence-electron chi connectivity index (χ4n) is 3.23. The number of carbonyl (C=O) groups is 1. The molecule has 0 aliphatic carbocycles. The summed E-state index contributed by atoms with van der Waals surface area (Å²) in [6.45, 7) is 6.15. The maximum absolute atomic E-state index is 11.5. The van der Waals surface area contributed by atoms with Crippen LogP contribution in [0.15, 0.2) is 0 Å². The Morgan fingerprint density at radius 3 is 2.88 bits per heavy atom. The molecule has 2 aliphatic rings. The number of nitrogens with zero attached hydrogens (tertiary/aromatic N) is 2. The van der Waals surface area contributed by atoms with Gasteiger partial charge in [0.2, 0.25) is 0 Å². The Labute approximate surface area is 98.8 Å². The second-order valence-electron chi connectivity index (χ2n) is 5.37. The van der Waals surface area contributed by atoms with Gasteiger partial charge < -0.3 is 4.90 Å². The minimum absolute atomic E-state index is 0.391. The van der Waals surface area contributed by atoms with Crippen molar-refractivity contribution in [3.05, 3.63) is 0 Å². The fourth-order valence-corrected chi connectivity index (χ4v) is 3.23. The molecule has 2 rings (SSSR count). The van der Waals surface area contributed by atoms with Crippen LogP contribution in [0.5, 0.6) is 0 Å². The topological polar surface area (TPSA) is 23.6 Å². The second kappa shape index (κ2) is 5.28. The quantitative estimate of drug-likeness (QED) is 0.723. The molecule has 0 bridgehead atoms. The van der Waals surface area contributed by atoms with Gasteiger partial charge in [0, 0.05) is 25.6 Å². The lowest BCUT2D eigenvalue weighted by atomic mass is 9.84. The Kier molecular flexibility index (Phi) is 3.98. The molecule has 0 amide bonds. The highest BCUT2D eigenvalue weighted by Gasteiger charge is 2.34. The Morgan fingerprint density at radius 2 is 2.12 bits per heavy atom. The summed E-state index contributed by atoms with van der Waals surface area (Å²) in [6, 6.07) is 0.779. The molecule has 2 atom stereocenters. The lowest BCUT2D eigenvalue weighted by Crippen LogP contribution is -2.53. The monoisotopic (exact) mass is 224 g/mol. The van der Waals surface area contributed by atoms with Crippen LogP contribution in [0.25, 0.3) is 0 Å². The number of hydrogen-bond acceptors (Lipinski definition) is 3. The molecular weight excluding hydrogens is 200 g/mol. The van der Waals surface area contributed by atoms with Crippen LogP contribution in [-0.2, 0) is 4.79 Å². The standard InChI is InChI=1S/C13H24N2O/c1-3-12(16)10-15-8-6-13-11(9-15)5-4-7-14(13)2/h11,13H,3-10H2,1-2H3. The van der Waals surface area contributed by atoms with Crippen molar-refractivity contribution in [1.29, 1.82) is 0 Å². The summed E-state index contributed by atoms with van der Waals surface area (Å²) in [5, 5.41) is 0. The van der Waals surface area contributed by atoms with E-state index in [0.29, 0.717) is 18.7 Å². The molecule has 0 saturated carbocycles. The van der Waals surface area contributed by atoms with E-state index in [1.54, 1.807) is 0 Å². The van der Waals surface area contributed by atoms with Crippen LogP contribution in [0.4, 0.5) is 0 Å². The first kappa shape index (κ1) is 12.1. The SMILES string of the molecule is CCC(=O)CN1CCC2C(CCCN2C)C1. The zero-order valence-electron chi connectivity index (χ0n) is 10.6.